The summed E-state index contributed by atoms with van der Waals surface area (Å²) in [6, 6.07) is 42.8. The number of rotatable bonds is 5. The molecule has 0 saturated heterocycles. The van der Waals surface area contributed by atoms with E-state index in [0.29, 0.717) is 6.54 Å². The summed E-state index contributed by atoms with van der Waals surface area (Å²) in [5, 5.41) is 0. The SMILES string of the molecule is C/C1=C\C(N(c2ccccc2)c2ccc(-c3ccccc3C)c(C)c2)=C/CN(c2ccc(N)cc2)c2ccccc21. The third-order valence-corrected chi connectivity index (χ3v) is 7.85. The van der Waals surface area contributed by atoms with Gasteiger partial charge in [-0.2, -0.15) is 0 Å². The van der Waals surface area contributed by atoms with Crippen molar-refractivity contribution < 1.29 is 0 Å². The standard InChI is InChI=1S/C38H35N3/c1-27-11-7-8-14-35(27)36-22-21-33(25-28(36)2)41(32-12-5-4-6-13-32)34-23-24-40(31-19-17-30(39)18-20-31)38-16-10-9-15-37(38)29(3)26-34/h4-23,25-26H,24,39H2,1-3H3/b29-26+,34-23+. The lowest BCUT2D eigenvalue weighted by atomic mass is 9.95. The molecule has 1 aliphatic heterocycles. The number of fused-ring (bicyclic) bond motifs is 1. The molecule has 202 valence electrons. The molecule has 0 radical (unpaired) electrons. The molecule has 0 unspecified atom stereocenters. The number of hydrogen-bond acceptors (Lipinski definition) is 3. The van der Waals surface area contributed by atoms with Crippen molar-refractivity contribution in [2.24, 2.45) is 0 Å². The van der Waals surface area contributed by atoms with Crippen LogP contribution in [0.25, 0.3) is 16.7 Å². The highest BCUT2D eigenvalue weighted by Gasteiger charge is 2.20. The Bertz CT molecular complexity index is 1750. The van der Waals surface area contributed by atoms with Gasteiger partial charge < -0.3 is 15.5 Å². The normalized spacial score (nSPS) is 15.5. The van der Waals surface area contributed by atoms with Gasteiger partial charge in [-0.25, -0.2) is 0 Å². The van der Waals surface area contributed by atoms with E-state index in [9.17, 15) is 0 Å². The van der Waals surface area contributed by atoms with E-state index in [2.05, 4.69) is 152 Å². The molecular formula is C38H35N3. The Morgan fingerprint density at radius 1 is 0.610 bits per heavy atom. The highest BCUT2D eigenvalue weighted by Crippen LogP contribution is 2.39. The van der Waals surface area contributed by atoms with Gasteiger partial charge in [-0.3, -0.25) is 0 Å². The third kappa shape index (κ3) is 5.27. The van der Waals surface area contributed by atoms with Crippen LogP contribution in [-0.4, -0.2) is 6.54 Å². The van der Waals surface area contributed by atoms with E-state index >= 15 is 0 Å². The van der Waals surface area contributed by atoms with Gasteiger partial charge in [0, 0.05) is 46.2 Å². The zero-order valence-electron chi connectivity index (χ0n) is 23.9. The lowest BCUT2D eigenvalue weighted by molar-refractivity contribution is 1.06. The predicted octanol–water partition coefficient (Wildman–Crippen LogP) is 9.83. The number of aryl methyl sites for hydroxylation is 2. The van der Waals surface area contributed by atoms with Crippen LogP contribution in [0.1, 0.15) is 23.6 Å². The molecule has 0 aromatic heterocycles. The number of anilines is 5. The molecule has 1 heterocycles. The number of nitrogens with two attached hydrogens (primary N) is 1. The monoisotopic (exact) mass is 533 g/mol. The topological polar surface area (TPSA) is 32.5 Å². The van der Waals surface area contributed by atoms with Gasteiger partial charge in [-0.15, -0.1) is 0 Å². The molecule has 0 aliphatic carbocycles. The average molecular weight is 534 g/mol. The van der Waals surface area contributed by atoms with Gasteiger partial charge >= 0.3 is 0 Å². The van der Waals surface area contributed by atoms with E-state index in [1.807, 2.05) is 12.1 Å². The number of para-hydroxylation sites is 2. The van der Waals surface area contributed by atoms with Gasteiger partial charge in [0.1, 0.15) is 0 Å². The van der Waals surface area contributed by atoms with E-state index in [-0.39, 0.29) is 0 Å². The van der Waals surface area contributed by atoms with Crippen molar-refractivity contribution in [3.05, 3.63) is 156 Å². The first-order chi connectivity index (χ1) is 20.0. The summed E-state index contributed by atoms with van der Waals surface area (Å²) in [7, 11) is 0. The van der Waals surface area contributed by atoms with Gasteiger partial charge in [0.15, 0.2) is 0 Å². The van der Waals surface area contributed by atoms with E-state index in [4.69, 9.17) is 5.73 Å². The maximum atomic E-state index is 6.04. The fraction of sp³-hybridized carbons (Fsp3) is 0.105. The fourth-order valence-corrected chi connectivity index (χ4v) is 5.73. The quantitative estimate of drug-likeness (QED) is 0.228. The molecular weight excluding hydrogens is 498 g/mol. The van der Waals surface area contributed by atoms with Crippen molar-refractivity contribution in [1.82, 2.24) is 0 Å². The lowest BCUT2D eigenvalue weighted by Gasteiger charge is -2.32. The Balaban J connectivity index is 1.49. The first kappa shape index (κ1) is 26.2. The third-order valence-electron chi connectivity index (χ3n) is 7.85. The van der Waals surface area contributed by atoms with Crippen molar-refractivity contribution in [3.63, 3.8) is 0 Å². The van der Waals surface area contributed by atoms with Crippen molar-refractivity contribution >= 4 is 34.0 Å². The van der Waals surface area contributed by atoms with E-state index in [1.54, 1.807) is 0 Å². The van der Waals surface area contributed by atoms with Crippen molar-refractivity contribution in [3.8, 4) is 11.1 Å². The number of hydrogen-bond donors (Lipinski definition) is 1. The second-order valence-corrected chi connectivity index (χ2v) is 10.7. The summed E-state index contributed by atoms with van der Waals surface area (Å²) in [5.41, 5.74) is 20.0. The lowest BCUT2D eigenvalue weighted by Crippen LogP contribution is -2.23. The molecule has 3 nitrogen and oxygen atoms in total. The summed E-state index contributed by atoms with van der Waals surface area (Å²) < 4.78 is 0. The smallest absolute Gasteiger partial charge is 0.0490 e. The molecule has 5 aromatic carbocycles. The highest BCUT2D eigenvalue weighted by molar-refractivity contribution is 5.84. The second kappa shape index (κ2) is 11.2. The summed E-state index contributed by atoms with van der Waals surface area (Å²) in [4.78, 5) is 4.73. The maximum Gasteiger partial charge on any atom is 0.0490 e. The van der Waals surface area contributed by atoms with Gasteiger partial charge in [0.05, 0.1) is 0 Å². The minimum Gasteiger partial charge on any atom is -0.399 e. The van der Waals surface area contributed by atoms with Gasteiger partial charge in [0.25, 0.3) is 0 Å². The van der Waals surface area contributed by atoms with Crippen LogP contribution in [0.5, 0.6) is 0 Å². The number of benzene rings is 5. The fourth-order valence-electron chi connectivity index (χ4n) is 5.73. The summed E-state index contributed by atoms with van der Waals surface area (Å²) in [6.45, 7) is 7.30. The highest BCUT2D eigenvalue weighted by atomic mass is 15.2. The maximum absolute atomic E-state index is 6.04. The van der Waals surface area contributed by atoms with Crippen LogP contribution in [0.4, 0.5) is 28.4 Å². The Kier molecular flexibility index (Phi) is 7.18. The Hall–Kier alpha value is -5.02. The molecule has 1 aliphatic rings. The van der Waals surface area contributed by atoms with Gasteiger partial charge in [-0.1, -0.05) is 66.7 Å². The predicted molar refractivity (Wildman–Crippen MR) is 176 cm³/mol. The summed E-state index contributed by atoms with van der Waals surface area (Å²) in [6.07, 6.45) is 4.64. The van der Waals surface area contributed by atoms with Crippen LogP contribution in [0.15, 0.2) is 139 Å². The molecule has 0 amide bonds. The largest absolute Gasteiger partial charge is 0.399 e. The van der Waals surface area contributed by atoms with E-state index in [0.717, 1.165) is 28.4 Å². The zero-order valence-corrected chi connectivity index (χ0v) is 23.9. The van der Waals surface area contributed by atoms with Gasteiger partial charge in [-0.05, 0) is 115 Å². The molecule has 0 bridgehead atoms. The molecule has 0 spiro atoms. The minimum absolute atomic E-state index is 0.712. The summed E-state index contributed by atoms with van der Waals surface area (Å²) in [5.74, 6) is 0. The molecule has 0 atom stereocenters. The molecule has 0 saturated carbocycles. The first-order valence-corrected chi connectivity index (χ1v) is 14.1. The number of nitrogen functional groups attached to an aromatic ring is 1. The van der Waals surface area contributed by atoms with Crippen LogP contribution in [0, 0.1) is 13.8 Å². The number of nitrogens with zero attached hydrogens (tertiary/aromatic N) is 2. The minimum atomic E-state index is 0.712. The van der Waals surface area contributed by atoms with Crippen molar-refractivity contribution in [2.45, 2.75) is 20.8 Å². The van der Waals surface area contributed by atoms with Crippen LogP contribution in [-0.2, 0) is 0 Å². The molecule has 5 aromatic rings. The van der Waals surface area contributed by atoms with Crippen molar-refractivity contribution in [1.29, 1.82) is 0 Å². The van der Waals surface area contributed by atoms with Crippen LogP contribution < -0.4 is 15.5 Å². The number of allylic oxidation sites excluding steroid dienone is 2. The van der Waals surface area contributed by atoms with Crippen LogP contribution in [0.3, 0.4) is 0 Å². The van der Waals surface area contributed by atoms with E-state index < -0.39 is 0 Å². The molecule has 6 rings (SSSR count). The molecule has 2 N–H and O–H groups in total. The van der Waals surface area contributed by atoms with Gasteiger partial charge in [0.2, 0.25) is 0 Å². The summed E-state index contributed by atoms with van der Waals surface area (Å²) >= 11 is 0. The second-order valence-electron chi connectivity index (χ2n) is 10.7. The molecule has 41 heavy (non-hydrogen) atoms. The zero-order chi connectivity index (χ0) is 28.3. The Morgan fingerprint density at radius 2 is 1.27 bits per heavy atom. The molecule has 3 heteroatoms. The Labute approximate surface area is 243 Å². The molecule has 0 fully saturated rings. The average Bonchev–Trinajstić information content (AvgIpc) is 2.99. The van der Waals surface area contributed by atoms with E-state index in [1.165, 1.54) is 39.1 Å². The van der Waals surface area contributed by atoms with Crippen LogP contribution in [0.2, 0.25) is 0 Å². The van der Waals surface area contributed by atoms with Crippen LogP contribution >= 0.6 is 0 Å². The first-order valence-electron chi connectivity index (χ1n) is 14.1. The Morgan fingerprint density at radius 3 is 2.00 bits per heavy atom. The van der Waals surface area contributed by atoms with Crippen molar-refractivity contribution in [2.75, 3.05) is 22.1 Å².